The predicted octanol–water partition coefficient (Wildman–Crippen LogP) is 5.76. The van der Waals surface area contributed by atoms with Crippen molar-refractivity contribution >= 4 is 50.1 Å². The van der Waals surface area contributed by atoms with E-state index in [1.807, 2.05) is 72.8 Å². The molecular formula is C22H17BrN4O. The fourth-order valence-electron chi connectivity index (χ4n) is 2.94. The first-order chi connectivity index (χ1) is 13.6. The number of carbonyl (C=O) groups excluding carboxylic acids is 1. The number of amides is 1. The zero-order valence-corrected chi connectivity index (χ0v) is 16.7. The van der Waals surface area contributed by atoms with E-state index in [0.29, 0.717) is 5.95 Å². The monoisotopic (exact) mass is 432 g/mol. The third-order valence-electron chi connectivity index (χ3n) is 4.17. The first kappa shape index (κ1) is 18.1. The molecule has 6 heteroatoms. The fourth-order valence-corrected chi connectivity index (χ4v) is 3.30. The van der Waals surface area contributed by atoms with Gasteiger partial charge in [-0.15, -0.1) is 0 Å². The number of halogens is 1. The van der Waals surface area contributed by atoms with Gasteiger partial charge in [0.15, 0.2) is 0 Å². The summed E-state index contributed by atoms with van der Waals surface area (Å²) >= 11 is 3.53. The molecule has 0 fully saturated rings. The van der Waals surface area contributed by atoms with Crippen LogP contribution in [0.2, 0.25) is 0 Å². The molecule has 0 aliphatic carbocycles. The van der Waals surface area contributed by atoms with Gasteiger partial charge in [0.05, 0.1) is 11.2 Å². The lowest BCUT2D eigenvalue weighted by Crippen LogP contribution is -2.05. The van der Waals surface area contributed by atoms with Crippen molar-refractivity contribution in [3.05, 3.63) is 77.3 Å². The summed E-state index contributed by atoms with van der Waals surface area (Å²) in [7, 11) is 0. The number of fused-ring (bicyclic) bond motifs is 1. The Morgan fingerprint density at radius 2 is 1.61 bits per heavy atom. The highest BCUT2D eigenvalue weighted by molar-refractivity contribution is 9.10. The summed E-state index contributed by atoms with van der Waals surface area (Å²) in [5.41, 5.74) is 4.33. The highest BCUT2D eigenvalue weighted by atomic mass is 79.9. The van der Waals surface area contributed by atoms with Crippen molar-refractivity contribution in [1.29, 1.82) is 0 Å². The Kier molecular flexibility index (Phi) is 5.04. The number of aromatic nitrogens is 2. The predicted molar refractivity (Wildman–Crippen MR) is 117 cm³/mol. The second-order valence-electron chi connectivity index (χ2n) is 6.31. The van der Waals surface area contributed by atoms with Crippen LogP contribution >= 0.6 is 15.9 Å². The summed E-state index contributed by atoms with van der Waals surface area (Å²) in [5.74, 6) is 0.415. The molecule has 1 heterocycles. The van der Waals surface area contributed by atoms with Crippen molar-refractivity contribution < 1.29 is 4.79 Å². The summed E-state index contributed by atoms with van der Waals surface area (Å²) in [6, 6.07) is 23.4. The lowest BCUT2D eigenvalue weighted by molar-refractivity contribution is -0.114. The Balaban J connectivity index is 1.73. The lowest BCUT2D eigenvalue weighted by Gasteiger charge is -2.11. The van der Waals surface area contributed by atoms with Crippen LogP contribution in [0.4, 0.5) is 17.3 Å². The van der Waals surface area contributed by atoms with Crippen molar-refractivity contribution in [3.63, 3.8) is 0 Å². The third-order valence-corrected chi connectivity index (χ3v) is 4.66. The Bertz CT molecular complexity index is 1140. The minimum Gasteiger partial charge on any atom is -0.326 e. The zero-order chi connectivity index (χ0) is 19.5. The largest absolute Gasteiger partial charge is 0.326 e. The van der Waals surface area contributed by atoms with Crippen LogP contribution in [-0.2, 0) is 4.79 Å². The van der Waals surface area contributed by atoms with Crippen LogP contribution in [-0.4, -0.2) is 15.9 Å². The van der Waals surface area contributed by atoms with E-state index in [-0.39, 0.29) is 5.91 Å². The van der Waals surface area contributed by atoms with E-state index in [4.69, 9.17) is 4.98 Å². The number of anilines is 3. The zero-order valence-electron chi connectivity index (χ0n) is 15.1. The van der Waals surface area contributed by atoms with Gasteiger partial charge in [-0.05, 0) is 42.5 Å². The summed E-state index contributed by atoms with van der Waals surface area (Å²) in [5, 5.41) is 6.99. The van der Waals surface area contributed by atoms with Gasteiger partial charge in [-0.1, -0.05) is 46.3 Å². The summed E-state index contributed by atoms with van der Waals surface area (Å²) < 4.78 is 0.982. The van der Waals surface area contributed by atoms with E-state index < -0.39 is 0 Å². The maximum Gasteiger partial charge on any atom is 0.228 e. The van der Waals surface area contributed by atoms with Crippen molar-refractivity contribution in [2.75, 3.05) is 10.6 Å². The molecule has 4 aromatic rings. The van der Waals surface area contributed by atoms with Crippen LogP contribution in [0.3, 0.4) is 0 Å². The Hall–Kier alpha value is -3.25. The van der Waals surface area contributed by atoms with E-state index >= 15 is 0 Å². The van der Waals surface area contributed by atoms with Gasteiger partial charge >= 0.3 is 0 Å². The standard InChI is InChI=1S/C22H17BrN4O/c1-14(28)24-17-8-10-18(11-9-17)25-22-26-20-12-7-16(23)13-19(20)21(27-22)15-5-3-2-4-6-15/h2-13H,1H3,(H,24,28)(H,25,26,27). The molecule has 0 unspecified atom stereocenters. The van der Waals surface area contributed by atoms with Crippen LogP contribution < -0.4 is 10.6 Å². The van der Waals surface area contributed by atoms with Gasteiger partial charge in [-0.2, -0.15) is 0 Å². The van der Waals surface area contributed by atoms with Crippen molar-refractivity contribution in [2.45, 2.75) is 6.92 Å². The van der Waals surface area contributed by atoms with Gasteiger partial charge in [-0.3, -0.25) is 4.79 Å². The van der Waals surface area contributed by atoms with Gasteiger partial charge in [0.2, 0.25) is 11.9 Å². The molecule has 0 aliphatic heterocycles. The molecule has 1 amide bonds. The molecular weight excluding hydrogens is 416 g/mol. The average Bonchev–Trinajstić information content (AvgIpc) is 2.69. The van der Waals surface area contributed by atoms with Crippen molar-refractivity contribution in [1.82, 2.24) is 9.97 Å². The summed E-state index contributed by atoms with van der Waals surface area (Å²) in [6.45, 7) is 1.48. The normalized spacial score (nSPS) is 10.6. The van der Waals surface area contributed by atoms with E-state index in [2.05, 4.69) is 31.5 Å². The van der Waals surface area contributed by atoms with Gasteiger partial charge in [-0.25, -0.2) is 9.97 Å². The number of benzene rings is 3. The third kappa shape index (κ3) is 4.02. The number of hydrogen-bond acceptors (Lipinski definition) is 4. The van der Waals surface area contributed by atoms with E-state index in [0.717, 1.165) is 38.0 Å². The minimum atomic E-state index is -0.0998. The van der Waals surface area contributed by atoms with Gasteiger partial charge in [0, 0.05) is 33.7 Å². The Morgan fingerprint density at radius 1 is 0.893 bits per heavy atom. The maximum absolute atomic E-state index is 11.2. The van der Waals surface area contributed by atoms with E-state index in [1.165, 1.54) is 6.92 Å². The highest BCUT2D eigenvalue weighted by Crippen LogP contribution is 2.30. The summed E-state index contributed by atoms with van der Waals surface area (Å²) in [6.07, 6.45) is 0. The number of nitrogens with zero attached hydrogens (tertiary/aromatic N) is 2. The quantitative estimate of drug-likeness (QED) is 0.429. The molecule has 28 heavy (non-hydrogen) atoms. The van der Waals surface area contributed by atoms with Crippen molar-refractivity contribution in [3.8, 4) is 11.3 Å². The second-order valence-corrected chi connectivity index (χ2v) is 7.22. The van der Waals surface area contributed by atoms with Crippen molar-refractivity contribution in [2.24, 2.45) is 0 Å². The van der Waals surface area contributed by atoms with Gasteiger partial charge < -0.3 is 10.6 Å². The van der Waals surface area contributed by atoms with Gasteiger partial charge in [0.1, 0.15) is 0 Å². The number of carbonyl (C=O) groups is 1. The van der Waals surface area contributed by atoms with E-state index in [9.17, 15) is 4.79 Å². The first-order valence-electron chi connectivity index (χ1n) is 8.76. The van der Waals surface area contributed by atoms with Crippen LogP contribution in [0.25, 0.3) is 22.2 Å². The van der Waals surface area contributed by atoms with E-state index in [1.54, 1.807) is 0 Å². The van der Waals surface area contributed by atoms with Crippen LogP contribution in [0.1, 0.15) is 6.92 Å². The molecule has 1 aromatic heterocycles. The molecule has 0 spiro atoms. The Labute approximate surface area is 171 Å². The molecule has 4 rings (SSSR count). The van der Waals surface area contributed by atoms with Gasteiger partial charge in [0.25, 0.3) is 0 Å². The van der Waals surface area contributed by atoms with Crippen LogP contribution in [0.15, 0.2) is 77.3 Å². The van der Waals surface area contributed by atoms with Crippen LogP contribution in [0.5, 0.6) is 0 Å². The maximum atomic E-state index is 11.2. The second kappa shape index (κ2) is 7.78. The topological polar surface area (TPSA) is 66.9 Å². The molecule has 0 saturated carbocycles. The SMILES string of the molecule is CC(=O)Nc1ccc(Nc2nc(-c3ccccc3)c3cc(Br)ccc3n2)cc1. The molecule has 0 atom stereocenters. The molecule has 0 bridgehead atoms. The smallest absolute Gasteiger partial charge is 0.228 e. The molecule has 5 nitrogen and oxygen atoms in total. The summed E-state index contributed by atoms with van der Waals surface area (Å²) in [4.78, 5) is 20.6. The first-order valence-corrected chi connectivity index (χ1v) is 9.55. The molecule has 0 radical (unpaired) electrons. The molecule has 0 saturated heterocycles. The molecule has 3 aromatic carbocycles. The number of rotatable bonds is 4. The Morgan fingerprint density at radius 3 is 2.32 bits per heavy atom. The fraction of sp³-hybridized carbons (Fsp3) is 0.0455. The van der Waals surface area contributed by atoms with Crippen LogP contribution in [0, 0.1) is 0 Å². The lowest BCUT2D eigenvalue weighted by atomic mass is 10.1. The molecule has 138 valence electrons. The number of hydrogen-bond donors (Lipinski definition) is 2. The molecule has 0 aliphatic rings. The molecule has 2 N–H and O–H groups in total. The highest BCUT2D eigenvalue weighted by Gasteiger charge is 2.11. The number of nitrogens with one attached hydrogen (secondary N) is 2. The average molecular weight is 433 g/mol. The minimum absolute atomic E-state index is 0.0998.